The Bertz CT molecular complexity index is 1410. The van der Waals surface area contributed by atoms with Gasteiger partial charge in [0.05, 0.1) is 11.1 Å². The molecule has 0 aliphatic heterocycles. The number of allylic oxidation sites excluding steroid dienone is 2. The van der Waals surface area contributed by atoms with Crippen molar-refractivity contribution >= 4 is 29.7 Å². The summed E-state index contributed by atoms with van der Waals surface area (Å²) in [5.74, 6) is 0.984. The molecule has 0 spiro atoms. The van der Waals surface area contributed by atoms with Crippen LogP contribution in [0.25, 0.3) is 0 Å². The van der Waals surface area contributed by atoms with Crippen LogP contribution in [0.4, 0.5) is 9.59 Å². The molecule has 10 nitrogen and oxygen atoms in total. The summed E-state index contributed by atoms with van der Waals surface area (Å²) in [5.41, 5.74) is 2.35. The maximum Gasteiger partial charge on any atom is 0.412 e. The second-order valence-electron chi connectivity index (χ2n) is 9.95. The molecule has 4 N–H and O–H groups in total. The monoisotopic (exact) mass is 623 g/mol. The van der Waals surface area contributed by atoms with Gasteiger partial charge in [-0.05, 0) is 80.6 Å². The standard InChI is InChI=1S/C33H38ClN3O7/c1-4-22(2)43-33(41)37-29(11-8-18-35-32(40)42-21-25-9-6-5-7-10-25)31(39)36-20-24-12-15-27(16-13-24)44-30-17-14-26(23(3)38)19-28(30)34/h4-7,9-10,12-17,19,23,29,38H,8,11,18,20-21H2,1-3H3,(H,35,40)(H,36,39)(H,37,41)/b22-4+/t23?,29-/m0/s1. The lowest BCUT2D eigenvalue weighted by Gasteiger charge is -2.19. The van der Waals surface area contributed by atoms with Gasteiger partial charge in [0.1, 0.15) is 29.9 Å². The van der Waals surface area contributed by atoms with Gasteiger partial charge in [-0.25, -0.2) is 9.59 Å². The van der Waals surface area contributed by atoms with Crippen LogP contribution in [0.5, 0.6) is 11.5 Å². The third-order valence-electron chi connectivity index (χ3n) is 6.48. The predicted molar refractivity (Wildman–Crippen MR) is 167 cm³/mol. The average molecular weight is 624 g/mol. The van der Waals surface area contributed by atoms with Gasteiger partial charge in [0, 0.05) is 13.1 Å². The predicted octanol–water partition coefficient (Wildman–Crippen LogP) is 6.53. The summed E-state index contributed by atoms with van der Waals surface area (Å²) in [4.78, 5) is 37.4. The summed E-state index contributed by atoms with van der Waals surface area (Å²) in [6.07, 6.45) is 0.310. The summed E-state index contributed by atoms with van der Waals surface area (Å²) in [5, 5.41) is 18.2. The Morgan fingerprint density at radius 1 is 0.955 bits per heavy atom. The van der Waals surface area contributed by atoms with E-state index in [2.05, 4.69) is 16.0 Å². The lowest BCUT2D eigenvalue weighted by Crippen LogP contribution is -2.47. The first-order chi connectivity index (χ1) is 21.1. The average Bonchev–Trinajstić information content (AvgIpc) is 3.02. The summed E-state index contributed by atoms with van der Waals surface area (Å²) in [7, 11) is 0. The number of aliphatic hydroxyl groups excluding tert-OH is 1. The zero-order valence-electron chi connectivity index (χ0n) is 25.0. The largest absolute Gasteiger partial charge is 0.456 e. The number of benzene rings is 3. The maximum atomic E-state index is 13.1. The van der Waals surface area contributed by atoms with Gasteiger partial charge in [0.2, 0.25) is 5.91 Å². The highest BCUT2D eigenvalue weighted by Crippen LogP contribution is 2.31. The maximum absolute atomic E-state index is 13.1. The quantitative estimate of drug-likeness (QED) is 0.118. The molecule has 0 bridgehead atoms. The van der Waals surface area contributed by atoms with Crippen molar-refractivity contribution < 1.29 is 33.7 Å². The van der Waals surface area contributed by atoms with Crippen LogP contribution in [0.2, 0.25) is 5.02 Å². The molecule has 44 heavy (non-hydrogen) atoms. The fourth-order valence-corrected chi connectivity index (χ4v) is 4.12. The highest BCUT2D eigenvalue weighted by molar-refractivity contribution is 6.32. The highest BCUT2D eigenvalue weighted by Gasteiger charge is 2.21. The van der Waals surface area contributed by atoms with Gasteiger partial charge >= 0.3 is 12.2 Å². The van der Waals surface area contributed by atoms with Crippen LogP contribution in [-0.2, 0) is 27.4 Å². The Morgan fingerprint density at radius 3 is 2.34 bits per heavy atom. The molecule has 3 aromatic carbocycles. The molecule has 234 valence electrons. The molecule has 0 heterocycles. The number of alkyl carbamates (subject to hydrolysis) is 2. The van der Waals surface area contributed by atoms with Crippen LogP contribution in [-0.4, -0.2) is 35.8 Å². The number of hydrogen-bond acceptors (Lipinski definition) is 7. The van der Waals surface area contributed by atoms with E-state index < -0.39 is 30.2 Å². The molecular weight excluding hydrogens is 586 g/mol. The first-order valence-corrected chi connectivity index (χ1v) is 14.6. The Labute approximate surface area is 262 Å². The summed E-state index contributed by atoms with van der Waals surface area (Å²) < 4.78 is 16.2. The van der Waals surface area contributed by atoms with Crippen LogP contribution in [0.15, 0.2) is 84.6 Å². The van der Waals surface area contributed by atoms with Crippen LogP contribution >= 0.6 is 11.6 Å². The van der Waals surface area contributed by atoms with E-state index in [0.717, 1.165) is 11.1 Å². The van der Waals surface area contributed by atoms with E-state index in [1.54, 1.807) is 69.3 Å². The number of carbonyl (C=O) groups excluding carboxylic acids is 3. The van der Waals surface area contributed by atoms with E-state index in [4.69, 9.17) is 25.8 Å². The molecule has 0 aliphatic rings. The molecule has 11 heteroatoms. The van der Waals surface area contributed by atoms with Crippen molar-refractivity contribution in [1.82, 2.24) is 16.0 Å². The minimum absolute atomic E-state index is 0.146. The number of aliphatic hydroxyl groups is 1. The molecule has 0 saturated heterocycles. The van der Waals surface area contributed by atoms with Gasteiger partial charge in [0.15, 0.2) is 0 Å². The number of nitrogens with one attached hydrogen (secondary N) is 3. The Morgan fingerprint density at radius 2 is 1.68 bits per heavy atom. The van der Waals surface area contributed by atoms with Crippen molar-refractivity contribution in [3.63, 3.8) is 0 Å². The van der Waals surface area contributed by atoms with Crippen molar-refractivity contribution in [2.75, 3.05) is 6.54 Å². The smallest absolute Gasteiger partial charge is 0.412 e. The van der Waals surface area contributed by atoms with Crippen molar-refractivity contribution in [1.29, 1.82) is 0 Å². The fraction of sp³-hybridized carbons (Fsp3) is 0.303. The van der Waals surface area contributed by atoms with E-state index in [1.165, 1.54) is 0 Å². The van der Waals surface area contributed by atoms with Crippen molar-refractivity contribution in [3.05, 3.63) is 106 Å². The van der Waals surface area contributed by atoms with Gasteiger partial charge in [0.25, 0.3) is 0 Å². The van der Waals surface area contributed by atoms with Gasteiger partial charge in [-0.3, -0.25) is 4.79 Å². The molecule has 1 unspecified atom stereocenters. The second-order valence-corrected chi connectivity index (χ2v) is 10.4. The highest BCUT2D eigenvalue weighted by atomic mass is 35.5. The molecule has 0 aromatic heterocycles. The van der Waals surface area contributed by atoms with E-state index >= 15 is 0 Å². The Kier molecular flexibility index (Phi) is 13.5. The van der Waals surface area contributed by atoms with Gasteiger partial charge in [-0.1, -0.05) is 60.1 Å². The van der Waals surface area contributed by atoms with Crippen LogP contribution in [0.1, 0.15) is 56.4 Å². The molecule has 0 saturated carbocycles. The summed E-state index contributed by atoms with van der Waals surface area (Å²) in [6.45, 7) is 5.61. The van der Waals surface area contributed by atoms with Crippen molar-refractivity contribution in [2.45, 2.75) is 58.9 Å². The number of carbonyl (C=O) groups is 3. The molecule has 3 aromatic rings. The number of hydrogen-bond donors (Lipinski definition) is 4. The number of halogens is 1. The third-order valence-corrected chi connectivity index (χ3v) is 6.77. The molecule has 0 radical (unpaired) electrons. The van der Waals surface area contributed by atoms with E-state index in [9.17, 15) is 19.5 Å². The lowest BCUT2D eigenvalue weighted by molar-refractivity contribution is -0.123. The number of ether oxygens (including phenoxy) is 3. The normalized spacial score (nSPS) is 12.4. The number of amides is 3. The van der Waals surface area contributed by atoms with Gasteiger partial charge < -0.3 is 35.3 Å². The summed E-state index contributed by atoms with van der Waals surface area (Å²) >= 11 is 6.29. The van der Waals surface area contributed by atoms with Crippen LogP contribution < -0.4 is 20.7 Å². The first-order valence-electron chi connectivity index (χ1n) is 14.2. The fourth-order valence-electron chi connectivity index (χ4n) is 3.89. The molecule has 3 amide bonds. The van der Waals surface area contributed by atoms with E-state index in [-0.39, 0.29) is 26.1 Å². The SMILES string of the molecule is C/C=C(\C)OC(=O)N[C@@H](CCCNC(=O)OCc1ccccc1)C(=O)NCc1ccc(Oc2ccc(C(C)O)cc2Cl)cc1. The number of rotatable bonds is 14. The molecule has 2 atom stereocenters. The minimum atomic E-state index is -0.899. The Balaban J connectivity index is 1.51. The molecule has 0 aliphatic carbocycles. The zero-order chi connectivity index (χ0) is 31.9. The zero-order valence-corrected chi connectivity index (χ0v) is 25.7. The van der Waals surface area contributed by atoms with Crippen molar-refractivity contribution in [2.24, 2.45) is 0 Å². The first kappa shape index (κ1) is 34.0. The van der Waals surface area contributed by atoms with Crippen molar-refractivity contribution in [3.8, 4) is 11.5 Å². The third kappa shape index (κ3) is 11.6. The molecule has 3 rings (SSSR count). The van der Waals surface area contributed by atoms with E-state index in [0.29, 0.717) is 34.3 Å². The summed E-state index contributed by atoms with van der Waals surface area (Å²) in [6, 6.07) is 20.6. The molecule has 0 fully saturated rings. The Hall–Kier alpha value is -4.54. The van der Waals surface area contributed by atoms with Gasteiger partial charge in [-0.2, -0.15) is 0 Å². The molecular formula is C33H38ClN3O7. The second kappa shape index (κ2) is 17.5. The van der Waals surface area contributed by atoms with Gasteiger partial charge in [-0.15, -0.1) is 0 Å². The minimum Gasteiger partial charge on any atom is -0.456 e. The van der Waals surface area contributed by atoms with E-state index in [1.807, 2.05) is 30.3 Å². The topological polar surface area (TPSA) is 135 Å². The van der Waals surface area contributed by atoms with Crippen LogP contribution in [0.3, 0.4) is 0 Å². The van der Waals surface area contributed by atoms with Crippen LogP contribution in [0, 0.1) is 0 Å². The lowest BCUT2D eigenvalue weighted by atomic mass is 10.1.